The third kappa shape index (κ3) is 3.72. The summed E-state index contributed by atoms with van der Waals surface area (Å²) in [6.07, 6.45) is 5.51. The molecule has 1 heterocycles. The van der Waals surface area contributed by atoms with Crippen LogP contribution in [0.5, 0.6) is 5.75 Å². The molecule has 128 valence electrons. The van der Waals surface area contributed by atoms with Gasteiger partial charge in [-0.25, -0.2) is 0 Å². The summed E-state index contributed by atoms with van der Waals surface area (Å²) >= 11 is 0. The second-order valence-corrected chi connectivity index (χ2v) is 7.43. The molecule has 3 heteroatoms. The molecule has 1 N–H and O–H groups in total. The Labute approximate surface area is 141 Å². The fourth-order valence-corrected chi connectivity index (χ4v) is 4.33. The highest BCUT2D eigenvalue weighted by molar-refractivity contribution is 5.41. The molecule has 2 aliphatic rings. The largest absolute Gasteiger partial charge is 0.496 e. The quantitative estimate of drug-likeness (QED) is 0.890. The monoisotopic (exact) mass is 316 g/mol. The van der Waals surface area contributed by atoms with Crippen LogP contribution in [0.3, 0.4) is 0 Å². The lowest BCUT2D eigenvalue weighted by Crippen LogP contribution is -2.46. The number of piperazine rings is 1. The van der Waals surface area contributed by atoms with Crippen LogP contribution >= 0.6 is 0 Å². The van der Waals surface area contributed by atoms with Gasteiger partial charge in [-0.15, -0.1) is 0 Å². The Balaban J connectivity index is 1.98. The van der Waals surface area contributed by atoms with Crippen LogP contribution in [0.2, 0.25) is 0 Å². The summed E-state index contributed by atoms with van der Waals surface area (Å²) < 4.78 is 5.77. The minimum Gasteiger partial charge on any atom is -0.496 e. The fourth-order valence-electron chi connectivity index (χ4n) is 4.33. The molecule has 1 aromatic rings. The van der Waals surface area contributed by atoms with Crippen molar-refractivity contribution in [2.45, 2.75) is 51.5 Å². The van der Waals surface area contributed by atoms with E-state index < -0.39 is 0 Å². The molecular formula is C20H32N2O. The second-order valence-electron chi connectivity index (χ2n) is 7.43. The number of nitrogens with one attached hydrogen (secondary N) is 1. The Morgan fingerprint density at radius 3 is 2.43 bits per heavy atom. The molecule has 0 spiro atoms. The second kappa shape index (κ2) is 7.67. The predicted octanol–water partition coefficient (Wildman–Crippen LogP) is 3.96. The predicted molar refractivity (Wildman–Crippen MR) is 96.2 cm³/mol. The van der Waals surface area contributed by atoms with Crippen LogP contribution in [0.1, 0.15) is 62.6 Å². The van der Waals surface area contributed by atoms with Crippen LogP contribution in [-0.2, 0) is 0 Å². The first kappa shape index (κ1) is 16.8. The summed E-state index contributed by atoms with van der Waals surface area (Å²) in [5, 5.41) is 3.50. The first-order chi connectivity index (χ1) is 11.2. The van der Waals surface area contributed by atoms with E-state index in [0.717, 1.165) is 37.8 Å². The number of hydrogen-bond donors (Lipinski definition) is 1. The van der Waals surface area contributed by atoms with Gasteiger partial charge in [0.1, 0.15) is 5.75 Å². The van der Waals surface area contributed by atoms with E-state index in [0.29, 0.717) is 12.0 Å². The third-order valence-electron chi connectivity index (χ3n) is 5.63. The normalized spacial score (nSPS) is 21.7. The first-order valence-electron chi connectivity index (χ1n) is 9.33. The molecule has 1 aliphatic carbocycles. The lowest BCUT2D eigenvalue weighted by atomic mass is 9.87. The van der Waals surface area contributed by atoms with Gasteiger partial charge in [-0.2, -0.15) is 0 Å². The molecule has 0 amide bonds. The molecule has 1 saturated heterocycles. The van der Waals surface area contributed by atoms with Crippen LogP contribution in [0.4, 0.5) is 0 Å². The molecule has 2 fully saturated rings. The van der Waals surface area contributed by atoms with Crippen molar-refractivity contribution >= 4 is 0 Å². The molecular weight excluding hydrogens is 284 g/mol. The van der Waals surface area contributed by atoms with E-state index in [-0.39, 0.29) is 0 Å². The number of nitrogens with zero attached hydrogens (tertiary/aromatic N) is 1. The lowest BCUT2D eigenvalue weighted by Gasteiger charge is -2.39. The lowest BCUT2D eigenvalue weighted by molar-refractivity contribution is 0.123. The molecule has 0 bridgehead atoms. The average Bonchev–Trinajstić information content (AvgIpc) is 3.10. The summed E-state index contributed by atoms with van der Waals surface area (Å²) in [6.45, 7) is 9.07. The molecule has 1 saturated carbocycles. The summed E-state index contributed by atoms with van der Waals surface area (Å²) in [7, 11) is 1.82. The van der Waals surface area contributed by atoms with E-state index in [9.17, 15) is 0 Å². The highest BCUT2D eigenvalue weighted by Gasteiger charge is 2.33. The number of hydrogen-bond acceptors (Lipinski definition) is 3. The number of ether oxygens (including phenoxy) is 1. The van der Waals surface area contributed by atoms with Crippen LogP contribution in [0.15, 0.2) is 18.2 Å². The zero-order chi connectivity index (χ0) is 16.2. The van der Waals surface area contributed by atoms with Gasteiger partial charge in [0.15, 0.2) is 0 Å². The van der Waals surface area contributed by atoms with E-state index in [4.69, 9.17) is 4.74 Å². The summed E-state index contributed by atoms with van der Waals surface area (Å²) in [4.78, 5) is 2.70. The molecule has 3 nitrogen and oxygen atoms in total. The van der Waals surface area contributed by atoms with E-state index in [2.05, 4.69) is 42.3 Å². The van der Waals surface area contributed by atoms with Gasteiger partial charge in [-0.1, -0.05) is 38.8 Å². The molecule has 0 aromatic heterocycles. The standard InChI is InChI=1S/C20H32N2O/c1-15(2)17-8-9-19(23-3)18(14-17)20(16-6-4-5-7-16)22-12-10-21-11-13-22/h8-9,14-16,20-21H,4-7,10-13H2,1-3H3/t20-/m1/s1. The van der Waals surface area contributed by atoms with Crippen LogP contribution in [-0.4, -0.2) is 38.2 Å². The number of benzene rings is 1. The van der Waals surface area contributed by atoms with Gasteiger partial charge in [0, 0.05) is 37.8 Å². The van der Waals surface area contributed by atoms with Crippen LogP contribution in [0.25, 0.3) is 0 Å². The number of rotatable bonds is 5. The van der Waals surface area contributed by atoms with Gasteiger partial charge in [0.25, 0.3) is 0 Å². The fraction of sp³-hybridized carbons (Fsp3) is 0.700. The van der Waals surface area contributed by atoms with Crippen molar-refractivity contribution in [1.82, 2.24) is 10.2 Å². The topological polar surface area (TPSA) is 24.5 Å². The van der Waals surface area contributed by atoms with Crippen molar-refractivity contribution in [3.8, 4) is 5.75 Å². The van der Waals surface area contributed by atoms with Crippen LogP contribution < -0.4 is 10.1 Å². The third-order valence-corrected chi connectivity index (χ3v) is 5.63. The summed E-state index contributed by atoms with van der Waals surface area (Å²) in [6, 6.07) is 7.37. The minimum absolute atomic E-state index is 0.522. The summed E-state index contributed by atoms with van der Waals surface area (Å²) in [5.74, 6) is 2.42. The first-order valence-corrected chi connectivity index (χ1v) is 9.33. The molecule has 1 atom stereocenters. The van der Waals surface area contributed by atoms with E-state index in [1.165, 1.54) is 36.8 Å². The van der Waals surface area contributed by atoms with Crippen molar-refractivity contribution in [3.05, 3.63) is 29.3 Å². The van der Waals surface area contributed by atoms with Gasteiger partial charge in [0.05, 0.1) is 7.11 Å². The Morgan fingerprint density at radius 1 is 1.13 bits per heavy atom. The zero-order valence-electron chi connectivity index (χ0n) is 15.0. The average molecular weight is 316 g/mol. The van der Waals surface area contributed by atoms with Gasteiger partial charge >= 0.3 is 0 Å². The number of methoxy groups -OCH3 is 1. The molecule has 1 aliphatic heterocycles. The van der Waals surface area contributed by atoms with Gasteiger partial charge in [-0.3, -0.25) is 4.90 Å². The van der Waals surface area contributed by atoms with Gasteiger partial charge in [0.2, 0.25) is 0 Å². The SMILES string of the molecule is COc1ccc(C(C)C)cc1[C@@H](C1CCCC1)N1CCNCC1. The Kier molecular flexibility index (Phi) is 5.60. The minimum atomic E-state index is 0.522. The maximum Gasteiger partial charge on any atom is 0.123 e. The van der Waals surface area contributed by atoms with Crippen molar-refractivity contribution < 1.29 is 4.74 Å². The van der Waals surface area contributed by atoms with Crippen molar-refractivity contribution in [3.63, 3.8) is 0 Å². The highest BCUT2D eigenvalue weighted by Crippen LogP contribution is 2.43. The Hall–Kier alpha value is -1.06. The van der Waals surface area contributed by atoms with E-state index in [1.807, 2.05) is 7.11 Å². The molecule has 0 unspecified atom stereocenters. The highest BCUT2D eigenvalue weighted by atomic mass is 16.5. The molecule has 0 radical (unpaired) electrons. The van der Waals surface area contributed by atoms with Crippen molar-refractivity contribution in [2.24, 2.45) is 5.92 Å². The molecule has 1 aromatic carbocycles. The van der Waals surface area contributed by atoms with Crippen molar-refractivity contribution in [1.29, 1.82) is 0 Å². The van der Waals surface area contributed by atoms with E-state index >= 15 is 0 Å². The maximum atomic E-state index is 5.77. The molecule has 3 rings (SSSR count). The van der Waals surface area contributed by atoms with Crippen LogP contribution in [0, 0.1) is 5.92 Å². The zero-order valence-corrected chi connectivity index (χ0v) is 15.0. The Morgan fingerprint density at radius 2 is 1.83 bits per heavy atom. The summed E-state index contributed by atoms with van der Waals surface area (Å²) in [5.41, 5.74) is 2.85. The maximum absolute atomic E-state index is 5.77. The van der Waals surface area contributed by atoms with Crippen molar-refractivity contribution in [2.75, 3.05) is 33.3 Å². The molecule has 23 heavy (non-hydrogen) atoms. The van der Waals surface area contributed by atoms with E-state index in [1.54, 1.807) is 0 Å². The van der Waals surface area contributed by atoms with Gasteiger partial charge < -0.3 is 10.1 Å². The Bertz CT molecular complexity index is 502. The smallest absolute Gasteiger partial charge is 0.123 e. The van der Waals surface area contributed by atoms with Gasteiger partial charge in [-0.05, 0) is 36.3 Å².